The van der Waals surface area contributed by atoms with E-state index >= 15 is 0 Å². The number of nitrogens with one attached hydrogen (secondary N) is 1. The minimum Gasteiger partial charge on any atom is -0.477 e. The van der Waals surface area contributed by atoms with Gasteiger partial charge in [0.25, 0.3) is 11.8 Å². The standard InChI is InChI=1S/C25H25F3N4O3/c1-3-17(4-2)29-23(33)21-15-31(19-7-5-6-8-20(19)35-21)24(34)16-9-11-18(12-10-16)32-14-13-22(30-32)25(26,27)28/h5-14,17,21H,3-4,15H2,1-2H3,(H,29,33). The molecule has 184 valence electrons. The van der Waals surface area contributed by atoms with Crippen LogP contribution >= 0.6 is 0 Å². The van der Waals surface area contributed by atoms with Gasteiger partial charge in [0.15, 0.2) is 11.8 Å². The highest BCUT2D eigenvalue weighted by Crippen LogP contribution is 2.34. The number of hydrogen-bond donors (Lipinski definition) is 1. The Morgan fingerprint density at radius 3 is 2.40 bits per heavy atom. The van der Waals surface area contributed by atoms with Gasteiger partial charge in [-0.05, 0) is 55.3 Å². The van der Waals surface area contributed by atoms with Gasteiger partial charge < -0.3 is 15.0 Å². The van der Waals surface area contributed by atoms with Crippen LogP contribution in [0, 0.1) is 0 Å². The average molecular weight is 486 g/mol. The third-order valence-electron chi connectivity index (χ3n) is 5.90. The Balaban J connectivity index is 1.56. The number of ether oxygens (including phenoxy) is 1. The van der Waals surface area contributed by atoms with Gasteiger partial charge in [0.1, 0.15) is 5.75 Å². The zero-order valence-electron chi connectivity index (χ0n) is 19.2. The first-order valence-electron chi connectivity index (χ1n) is 11.3. The predicted octanol–water partition coefficient (Wildman–Crippen LogP) is 4.60. The number of alkyl halides is 3. The quantitative estimate of drug-likeness (QED) is 0.553. The Kier molecular flexibility index (Phi) is 6.81. The number of para-hydroxylation sites is 2. The van der Waals surface area contributed by atoms with E-state index in [9.17, 15) is 22.8 Å². The number of aromatic nitrogens is 2. The summed E-state index contributed by atoms with van der Waals surface area (Å²) in [6.07, 6.45) is -2.65. The van der Waals surface area contributed by atoms with E-state index in [0.717, 1.165) is 23.6 Å². The number of anilines is 1. The molecule has 0 saturated carbocycles. The first-order valence-corrected chi connectivity index (χ1v) is 11.3. The van der Waals surface area contributed by atoms with Crippen molar-refractivity contribution < 1.29 is 27.5 Å². The molecule has 0 saturated heterocycles. The second-order valence-electron chi connectivity index (χ2n) is 8.20. The van der Waals surface area contributed by atoms with E-state index in [0.29, 0.717) is 22.7 Å². The summed E-state index contributed by atoms with van der Waals surface area (Å²) < 4.78 is 45.5. The van der Waals surface area contributed by atoms with Gasteiger partial charge in [-0.25, -0.2) is 4.68 Å². The van der Waals surface area contributed by atoms with Crippen LogP contribution in [-0.4, -0.2) is 40.3 Å². The molecule has 35 heavy (non-hydrogen) atoms. The number of rotatable bonds is 6. The van der Waals surface area contributed by atoms with Crippen molar-refractivity contribution in [1.82, 2.24) is 15.1 Å². The lowest BCUT2D eigenvalue weighted by Gasteiger charge is -2.34. The van der Waals surface area contributed by atoms with Gasteiger partial charge in [-0.1, -0.05) is 26.0 Å². The Labute approximate surface area is 200 Å². The molecule has 1 atom stereocenters. The summed E-state index contributed by atoms with van der Waals surface area (Å²) in [5.74, 6) is -0.228. The first-order chi connectivity index (χ1) is 16.7. The third kappa shape index (κ3) is 5.16. The van der Waals surface area contributed by atoms with Crippen LogP contribution < -0.4 is 15.0 Å². The zero-order valence-corrected chi connectivity index (χ0v) is 19.2. The summed E-state index contributed by atoms with van der Waals surface area (Å²) in [6, 6.07) is 13.9. The molecule has 10 heteroatoms. The molecule has 1 aliphatic heterocycles. The van der Waals surface area contributed by atoms with Gasteiger partial charge in [-0.3, -0.25) is 9.59 Å². The zero-order chi connectivity index (χ0) is 25.2. The molecule has 0 radical (unpaired) electrons. The second kappa shape index (κ2) is 9.81. The summed E-state index contributed by atoms with van der Waals surface area (Å²) >= 11 is 0. The fraction of sp³-hybridized carbons (Fsp3) is 0.320. The Morgan fingerprint density at radius 1 is 1.09 bits per heavy atom. The summed E-state index contributed by atoms with van der Waals surface area (Å²) in [5.41, 5.74) is 0.227. The van der Waals surface area contributed by atoms with Crippen molar-refractivity contribution in [1.29, 1.82) is 0 Å². The fourth-order valence-corrected chi connectivity index (χ4v) is 3.88. The van der Waals surface area contributed by atoms with Crippen molar-refractivity contribution in [3.8, 4) is 11.4 Å². The van der Waals surface area contributed by atoms with E-state index < -0.39 is 18.0 Å². The normalized spacial score (nSPS) is 15.5. The molecule has 2 aromatic carbocycles. The largest absolute Gasteiger partial charge is 0.477 e. The molecular formula is C25H25F3N4O3. The Bertz CT molecular complexity index is 1200. The number of fused-ring (bicyclic) bond motifs is 1. The molecule has 0 bridgehead atoms. The minimum atomic E-state index is -4.54. The van der Waals surface area contributed by atoms with Crippen molar-refractivity contribution in [2.45, 2.75) is 45.0 Å². The molecule has 4 rings (SSSR count). The average Bonchev–Trinajstić information content (AvgIpc) is 3.37. The molecule has 1 aliphatic rings. The number of benzene rings is 2. The molecule has 7 nitrogen and oxygen atoms in total. The maximum atomic E-state index is 13.4. The lowest BCUT2D eigenvalue weighted by Crippen LogP contribution is -2.52. The van der Waals surface area contributed by atoms with E-state index in [1.807, 2.05) is 13.8 Å². The number of carbonyl (C=O) groups is 2. The van der Waals surface area contributed by atoms with Gasteiger partial charge >= 0.3 is 6.18 Å². The number of nitrogens with zero attached hydrogens (tertiary/aromatic N) is 3. The molecule has 0 aliphatic carbocycles. The van der Waals surface area contributed by atoms with Gasteiger partial charge in [0.2, 0.25) is 0 Å². The highest BCUT2D eigenvalue weighted by atomic mass is 19.4. The Morgan fingerprint density at radius 2 is 1.77 bits per heavy atom. The summed E-state index contributed by atoms with van der Waals surface area (Å²) in [4.78, 5) is 27.8. The molecule has 0 spiro atoms. The number of amides is 2. The fourth-order valence-electron chi connectivity index (χ4n) is 3.88. The van der Waals surface area contributed by atoms with Crippen molar-refractivity contribution in [2.24, 2.45) is 0 Å². The summed E-state index contributed by atoms with van der Waals surface area (Å²) in [7, 11) is 0. The van der Waals surface area contributed by atoms with E-state index in [1.165, 1.54) is 35.4 Å². The minimum absolute atomic E-state index is 0.0140. The molecule has 1 aromatic heterocycles. The topological polar surface area (TPSA) is 76.5 Å². The van der Waals surface area contributed by atoms with Crippen LogP contribution in [0.4, 0.5) is 18.9 Å². The molecule has 2 heterocycles. The van der Waals surface area contributed by atoms with Crippen molar-refractivity contribution in [2.75, 3.05) is 11.4 Å². The third-order valence-corrected chi connectivity index (χ3v) is 5.90. The van der Waals surface area contributed by atoms with Crippen molar-refractivity contribution >= 4 is 17.5 Å². The second-order valence-corrected chi connectivity index (χ2v) is 8.20. The van der Waals surface area contributed by atoms with Crippen molar-refractivity contribution in [3.63, 3.8) is 0 Å². The number of halogens is 3. The van der Waals surface area contributed by atoms with Crippen LogP contribution in [0.25, 0.3) is 5.69 Å². The number of hydrogen-bond acceptors (Lipinski definition) is 4. The molecule has 1 unspecified atom stereocenters. The van der Waals surface area contributed by atoms with Crippen LogP contribution in [-0.2, 0) is 11.0 Å². The Hall–Kier alpha value is -3.82. The van der Waals surface area contributed by atoms with Crippen LogP contribution in [0.3, 0.4) is 0 Å². The van der Waals surface area contributed by atoms with Crippen LogP contribution in [0.5, 0.6) is 5.75 Å². The smallest absolute Gasteiger partial charge is 0.435 e. The summed E-state index contributed by atoms with van der Waals surface area (Å²) in [5, 5.41) is 6.51. The van der Waals surface area contributed by atoms with Crippen LogP contribution in [0.1, 0.15) is 42.7 Å². The molecule has 0 fully saturated rings. The molecular weight excluding hydrogens is 461 g/mol. The maximum absolute atomic E-state index is 13.4. The van der Waals surface area contributed by atoms with Crippen LogP contribution in [0.2, 0.25) is 0 Å². The highest BCUT2D eigenvalue weighted by molar-refractivity contribution is 6.08. The highest BCUT2D eigenvalue weighted by Gasteiger charge is 2.35. The van der Waals surface area contributed by atoms with Crippen LogP contribution in [0.15, 0.2) is 60.8 Å². The molecule has 2 amide bonds. The van der Waals surface area contributed by atoms with Gasteiger partial charge in [-0.2, -0.15) is 18.3 Å². The number of carbonyl (C=O) groups excluding carboxylic acids is 2. The lowest BCUT2D eigenvalue weighted by atomic mass is 10.1. The molecule has 1 N–H and O–H groups in total. The predicted molar refractivity (Wildman–Crippen MR) is 124 cm³/mol. The van der Waals surface area contributed by atoms with Crippen molar-refractivity contribution in [3.05, 3.63) is 72.1 Å². The van der Waals surface area contributed by atoms with E-state index in [-0.39, 0.29) is 24.4 Å². The van der Waals surface area contributed by atoms with Gasteiger partial charge in [-0.15, -0.1) is 0 Å². The maximum Gasteiger partial charge on any atom is 0.435 e. The summed E-state index contributed by atoms with van der Waals surface area (Å²) in [6.45, 7) is 3.99. The first kappa shape index (κ1) is 24.3. The SMILES string of the molecule is CCC(CC)NC(=O)C1CN(C(=O)c2ccc(-n3ccc(C(F)(F)F)n3)cc2)c2ccccc2O1. The van der Waals surface area contributed by atoms with E-state index in [1.54, 1.807) is 24.3 Å². The lowest BCUT2D eigenvalue weighted by molar-refractivity contribution is -0.141. The van der Waals surface area contributed by atoms with Gasteiger partial charge in [0.05, 0.1) is 17.9 Å². The monoisotopic (exact) mass is 486 g/mol. The molecule has 3 aromatic rings. The van der Waals surface area contributed by atoms with Gasteiger partial charge in [0, 0.05) is 17.8 Å². The van der Waals surface area contributed by atoms with E-state index in [2.05, 4.69) is 10.4 Å². The van der Waals surface area contributed by atoms with E-state index in [4.69, 9.17) is 4.74 Å².